The van der Waals surface area contributed by atoms with E-state index in [2.05, 4.69) is 25.7 Å². The zero-order valence-corrected chi connectivity index (χ0v) is 17.8. The minimum Gasteiger partial charge on any atom is -0.385 e. The van der Waals surface area contributed by atoms with E-state index in [1.165, 1.54) is 25.5 Å². The molecule has 0 spiro atoms. The molecule has 1 fully saturated rings. The number of hydrogen-bond acceptors (Lipinski definition) is 7. The molecule has 4 aromatic rings. The summed E-state index contributed by atoms with van der Waals surface area (Å²) in [6.45, 7) is 0. The highest BCUT2D eigenvalue weighted by Crippen LogP contribution is 2.27. The number of rotatable bonds is 5. The molecule has 1 aliphatic carbocycles. The molecule has 162 valence electrons. The number of ether oxygens (including phenoxy) is 1. The van der Waals surface area contributed by atoms with Gasteiger partial charge in [-0.2, -0.15) is 9.61 Å². The number of hydrogen-bond donors (Lipinski definition) is 3. The number of primary amides is 1. The highest BCUT2D eigenvalue weighted by atomic mass is 16.5. The standard InChI is InChI=1S/C16H16N8O.C5H10O/c1-18-10-3-4-12(23-6-5-20-16(10)23)11-7-13(19-2)24-15(22-11)9(8-21-24)14(17)25;1-6-5-3-2-4-5/h3-8,18-19H,1-2H3,(H2,17,25);5H,2-4H2,1H3. The average molecular weight is 422 g/mol. The first-order valence-electron chi connectivity index (χ1n) is 10.1. The number of nitrogens with one attached hydrogen (secondary N) is 2. The Labute approximate surface area is 179 Å². The number of anilines is 2. The van der Waals surface area contributed by atoms with Gasteiger partial charge in [-0.05, 0) is 31.4 Å². The summed E-state index contributed by atoms with van der Waals surface area (Å²) >= 11 is 0. The Hall–Kier alpha value is -3.66. The fourth-order valence-corrected chi connectivity index (χ4v) is 3.47. The van der Waals surface area contributed by atoms with Gasteiger partial charge in [-0.15, -0.1) is 0 Å². The van der Waals surface area contributed by atoms with Gasteiger partial charge in [0.1, 0.15) is 11.4 Å². The van der Waals surface area contributed by atoms with Crippen molar-refractivity contribution in [2.24, 2.45) is 5.73 Å². The third-order valence-corrected chi connectivity index (χ3v) is 5.46. The van der Waals surface area contributed by atoms with Gasteiger partial charge in [-0.25, -0.2) is 9.97 Å². The number of imidazole rings is 1. The molecule has 0 saturated heterocycles. The van der Waals surface area contributed by atoms with Crippen molar-refractivity contribution in [1.82, 2.24) is 24.0 Å². The zero-order chi connectivity index (χ0) is 22.0. The maximum absolute atomic E-state index is 11.7. The highest BCUT2D eigenvalue weighted by Gasteiger charge is 2.17. The second kappa shape index (κ2) is 8.60. The van der Waals surface area contributed by atoms with E-state index in [-0.39, 0.29) is 5.56 Å². The summed E-state index contributed by atoms with van der Waals surface area (Å²) in [5.74, 6) is 0.124. The molecule has 0 bridgehead atoms. The molecule has 5 rings (SSSR count). The van der Waals surface area contributed by atoms with Gasteiger partial charge in [0.2, 0.25) is 0 Å². The van der Waals surface area contributed by atoms with Crippen molar-refractivity contribution in [3.05, 3.63) is 42.4 Å². The normalized spacial score (nSPS) is 13.5. The van der Waals surface area contributed by atoms with E-state index >= 15 is 0 Å². The molecule has 0 unspecified atom stereocenters. The first kappa shape index (κ1) is 20.6. The number of carbonyl (C=O) groups excluding carboxylic acids is 1. The summed E-state index contributed by atoms with van der Waals surface area (Å²) in [5, 5.41) is 10.4. The molecule has 0 radical (unpaired) electrons. The number of nitrogens with zero attached hydrogens (tertiary/aromatic N) is 5. The predicted molar refractivity (Wildman–Crippen MR) is 119 cm³/mol. The van der Waals surface area contributed by atoms with Crippen LogP contribution in [0.3, 0.4) is 0 Å². The number of carbonyl (C=O) groups is 1. The van der Waals surface area contributed by atoms with Gasteiger partial charge in [-0.1, -0.05) is 0 Å². The third-order valence-electron chi connectivity index (χ3n) is 5.46. The van der Waals surface area contributed by atoms with Gasteiger partial charge in [0.05, 0.1) is 29.4 Å². The zero-order valence-electron chi connectivity index (χ0n) is 17.8. The molecule has 10 heteroatoms. The summed E-state index contributed by atoms with van der Waals surface area (Å²) < 4.78 is 8.47. The Kier molecular flexibility index (Phi) is 5.72. The Bertz CT molecular complexity index is 1220. The van der Waals surface area contributed by atoms with Crippen LogP contribution in [0, 0.1) is 0 Å². The van der Waals surface area contributed by atoms with Crippen LogP contribution in [0.5, 0.6) is 0 Å². The van der Waals surface area contributed by atoms with Gasteiger partial charge in [-0.3, -0.25) is 9.20 Å². The fourth-order valence-electron chi connectivity index (χ4n) is 3.47. The van der Waals surface area contributed by atoms with E-state index in [1.807, 2.05) is 35.8 Å². The van der Waals surface area contributed by atoms with Crippen LogP contribution in [0.2, 0.25) is 0 Å². The fraction of sp³-hybridized carbons (Fsp3) is 0.333. The molecule has 0 atom stereocenters. The molecule has 1 aliphatic rings. The highest BCUT2D eigenvalue weighted by molar-refractivity contribution is 5.99. The Morgan fingerprint density at radius 1 is 1.23 bits per heavy atom. The van der Waals surface area contributed by atoms with Crippen molar-refractivity contribution in [1.29, 1.82) is 0 Å². The third kappa shape index (κ3) is 3.77. The van der Waals surface area contributed by atoms with Crippen molar-refractivity contribution in [3.8, 4) is 11.4 Å². The molecule has 4 N–H and O–H groups in total. The van der Waals surface area contributed by atoms with Crippen LogP contribution in [0.15, 0.2) is 36.8 Å². The SMILES string of the molecule is CNc1ccc(-c2cc(NC)n3ncc(C(N)=O)c3n2)n2ccnc12.COC1CCC1. The minimum absolute atomic E-state index is 0.270. The average Bonchev–Trinajstić information content (AvgIpc) is 3.39. The number of aromatic nitrogens is 5. The summed E-state index contributed by atoms with van der Waals surface area (Å²) in [6.07, 6.45) is 9.58. The summed E-state index contributed by atoms with van der Waals surface area (Å²) in [5.41, 5.74) is 9.32. The van der Waals surface area contributed by atoms with E-state index in [9.17, 15) is 4.79 Å². The number of nitrogens with two attached hydrogens (primary N) is 1. The quantitative estimate of drug-likeness (QED) is 0.451. The topological polar surface area (TPSA) is 124 Å². The summed E-state index contributed by atoms with van der Waals surface area (Å²) in [4.78, 5) is 20.7. The molecule has 4 aromatic heterocycles. The van der Waals surface area contributed by atoms with Crippen molar-refractivity contribution in [2.75, 3.05) is 31.8 Å². The lowest BCUT2D eigenvalue weighted by atomic mass is 9.96. The molecule has 4 heterocycles. The Morgan fingerprint density at radius 3 is 2.61 bits per heavy atom. The molecule has 0 aromatic carbocycles. The molecule has 0 aliphatic heterocycles. The molecule has 1 saturated carbocycles. The number of amides is 1. The largest absolute Gasteiger partial charge is 0.385 e. The minimum atomic E-state index is -0.569. The lowest BCUT2D eigenvalue weighted by Gasteiger charge is -2.22. The predicted octanol–water partition coefficient (Wildman–Crippen LogP) is 2.41. The van der Waals surface area contributed by atoms with Crippen LogP contribution in [0.1, 0.15) is 29.6 Å². The molecule has 31 heavy (non-hydrogen) atoms. The number of methoxy groups -OCH3 is 1. The number of pyridine rings is 1. The van der Waals surface area contributed by atoms with Gasteiger partial charge in [0, 0.05) is 39.7 Å². The first-order valence-corrected chi connectivity index (χ1v) is 10.1. The van der Waals surface area contributed by atoms with Crippen LogP contribution >= 0.6 is 0 Å². The van der Waals surface area contributed by atoms with Crippen LogP contribution in [-0.4, -0.2) is 57.2 Å². The molecule has 10 nitrogen and oxygen atoms in total. The second-order valence-electron chi connectivity index (χ2n) is 7.23. The van der Waals surface area contributed by atoms with Crippen molar-refractivity contribution in [2.45, 2.75) is 25.4 Å². The van der Waals surface area contributed by atoms with E-state index in [0.29, 0.717) is 23.3 Å². The maximum atomic E-state index is 11.7. The van der Waals surface area contributed by atoms with Gasteiger partial charge in [0.15, 0.2) is 11.3 Å². The molecular formula is C21H26N8O2. The van der Waals surface area contributed by atoms with Crippen LogP contribution < -0.4 is 16.4 Å². The van der Waals surface area contributed by atoms with E-state index in [0.717, 1.165) is 17.0 Å². The van der Waals surface area contributed by atoms with Crippen LogP contribution in [-0.2, 0) is 4.74 Å². The lowest BCUT2D eigenvalue weighted by Crippen LogP contribution is -2.18. The van der Waals surface area contributed by atoms with E-state index < -0.39 is 5.91 Å². The molecular weight excluding hydrogens is 396 g/mol. The Morgan fingerprint density at radius 2 is 2.03 bits per heavy atom. The van der Waals surface area contributed by atoms with Crippen LogP contribution in [0.4, 0.5) is 11.5 Å². The van der Waals surface area contributed by atoms with Crippen molar-refractivity contribution in [3.63, 3.8) is 0 Å². The second-order valence-corrected chi connectivity index (χ2v) is 7.23. The van der Waals surface area contributed by atoms with E-state index in [1.54, 1.807) is 24.9 Å². The first-order chi connectivity index (χ1) is 15.1. The van der Waals surface area contributed by atoms with Gasteiger partial charge < -0.3 is 21.1 Å². The Balaban J connectivity index is 0.000000334. The van der Waals surface area contributed by atoms with Crippen molar-refractivity contribution >= 4 is 28.7 Å². The summed E-state index contributed by atoms with van der Waals surface area (Å²) in [7, 11) is 5.41. The van der Waals surface area contributed by atoms with Crippen molar-refractivity contribution < 1.29 is 9.53 Å². The van der Waals surface area contributed by atoms with Gasteiger partial charge in [0.25, 0.3) is 5.91 Å². The van der Waals surface area contributed by atoms with Crippen LogP contribution in [0.25, 0.3) is 22.7 Å². The lowest BCUT2D eigenvalue weighted by molar-refractivity contribution is 0.0412. The number of fused-ring (bicyclic) bond motifs is 2. The summed E-state index contributed by atoms with van der Waals surface area (Å²) in [6, 6.07) is 5.74. The maximum Gasteiger partial charge on any atom is 0.254 e. The molecule has 1 amide bonds. The smallest absolute Gasteiger partial charge is 0.254 e. The van der Waals surface area contributed by atoms with E-state index in [4.69, 9.17) is 10.5 Å². The van der Waals surface area contributed by atoms with Gasteiger partial charge >= 0.3 is 0 Å². The monoisotopic (exact) mass is 422 g/mol.